The average Bonchev–Trinajstić information content (AvgIpc) is 3.34. The first-order valence-corrected chi connectivity index (χ1v) is 8.55. The first-order chi connectivity index (χ1) is 12.6. The van der Waals surface area contributed by atoms with Crippen molar-refractivity contribution in [2.75, 3.05) is 37.5 Å². The van der Waals surface area contributed by atoms with Crippen molar-refractivity contribution in [3.8, 4) is 5.88 Å². The maximum absolute atomic E-state index is 5.33. The van der Waals surface area contributed by atoms with E-state index in [-0.39, 0.29) is 0 Å². The Kier molecular flexibility index (Phi) is 4.11. The van der Waals surface area contributed by atoms with Gasteiger partial charge in [0.25, 0.3) is 5.88 Å². The van der Waals surface area contributed by atoms with Crippen molar-refractivity contribution in [2.45, 2.75) is 12.5 Å². The Balaban J connectivity index is 1.75. The van der Waals surface area contributed by atoms with Gasteiger partial charge < -0.3 is 24.8 Å². The van der Waals surface area contributed by atoms with E-state index in [0.717, 1.165) is 30.8 Å². The highest BCUT2D eigenvalue weighted by molar-refractivity contribution is 5.87. The van der Waals surface area contributed by atoms with Gasteiger partial charge >= 0.3 is 0 Å². The molecular formula is C16H23N9O. The summed E-state index contributed by atoms with van der Waals surface area (Å²) in [5.74, 6) is 1.85. The SMILES string of the molecule is CNC1CCN(c2nc(Nc3cn(C)nc3OC)c3ncn(C)c3n2)C1. The van der Waals surface area contributed by atoms with E-state index in [9.17, 15) is 0 Å². The molecule has 0 spiro atoms. The summed E-state index contributed by atoms with van der Waals surface area (Å²) in [5, 5.41) is 10.9. The molecule has 1 aliphatic heterocycles. The quantitative estimate of drug-likeness (QED) is 0.687. The van der Waals surface area contributed by atoms with Crippen LogP contribution in [0.2, 0.25) is 0 Å². The minimum absolute atomic E-state index is 0.454. The molecule has 0 aromatic carbocycles. The third kappa shape index (κ3) is 2.81. The van der Waals surface area contributed by atoms with Crippen LogP contribution in [0.25, 0.3) is 11.2 Å². The highest BCUT2D eigenvalue weighted by Gasteiger charge is 2.25. The topological polar surface area (TPSA) is 98.0 Å². The predicted molar refractivity (Wildman–Crippen MR) is 99.0 cm³/mol. The van der Waals surface area contributed by atoms with Crippen LogP contribution in [0.4, 0.5) is 17.5 Å². The number of ether oxygens (including phenoxy) is 1. The van der Waals surface area contributed by atoms with E-state index in [1.807, 2.05) is 31.9 Å². The number of anilines is 3. The number of nitrogens with zero attached hydrogens (tertiary/aromatic N) is 7. The molecule has 10 heteroatoms. The van der Waals surface area contributed by atoms with Crippen molar-refractivity contribution in [1.82, 2.24) is 34.6 Å². The van der Waals surface area contributed by atoms with Crippen molar-refractivity contribution >= 4 is 28.6 Å². The lowest BCUT2D eigenvalue weighted by Crippen LogP contribution is -2.30. The van der Waals surface area contributed by atoms with Crippen molar-refractivity contribution in [3.63, 3.8) is 0 Å². The van der Waals surface area contributed by atoms with Crippen LogP contribution in [0.5, 0.6) is 5.88 Å². The minimum atomic E-state index is 0.454. The second-order valence-electron chi connectivity index (χ2n) is 6.47. The summed E-state index contributed by atoms with van der Waals surface area (Å²) in [6.07, 6.45) is 4.67. The van der Waals surface area contributed by atoms with E-state index in [2.05, 4.69) is 25.6 Å². The molecule has 0 saturated carbocycles. The van der Waals surface area contributed by atoms with Gasteiger partial charge in [0.05, 0.1) is 19.6 Å². The third-order valence-electron chi connectivity index (χ3n) is 4.67. The van der Waals surface area contributed by atoms with E-state index in [0.29, 0.717) is 29.2 Å². The molecule has 2 N–H and O–H groups in total. The summed E-state index contributed by atoms with van der Waals surface area (Å²) >= 11 is 0. The van der Waals surface area contributed by atoms with Crippen molar-refractivity contribution < 1.29 is 4.74 Å². The van der Waals surface area contributed by atoms with Crippen LogP contribution in [-0.2, 0) is 14.1 Å². The number of aromatic nitrogens is 6. The maximum Gasteiger partial charge on any atom is 0.256 e. The lowest BCUT2D eigenvalue weighted by atomic mass is 10.3. The molecule has 4 heterocycles. The first kappa shape index (κ1) is 16.6. The van der Waals surface area contributed by atoms with Gasteiger partial charge in [0.2, 0.25) is 5.95 Å². The number of aryl methyl sites for hydroxylation is 2. The second-order valence-corrected chi connectivity index (χ2v) is 6.47. The average molecular weight is 357 g/mol. The molecule has 3 aromatic rings. The summed E-state index contributed by atoms with van der Waals surface area (Å²) in [6.45, 7) is 1.81. The van der Waals surface area contributed by atoms with Gasteiger partial charge in [-0.15, -0.1) is 5.10 Å². The van der Waals surface area contributed by atoms with E-state index in [4.69, 9.17) is 14.7 Å². The van der Waals surface area contributed by atoms with Crippen molar-refractivity contribution in [2.24, 2.45) is 14.1 Å². The summed E-state index contributed by atoms with van der Waals surface area (Å²) in [6, 6.07) is 0.454. The summed E-state index contributed by atoms with van der Waals surface area (Å²) < 4.78 is 8.92. The van der Waals surface area contributed by atoms with Crippen LogP contribution in [-0.4, -0.2) is 62.6 Å². The normalized spacial score (nSPS) is 17.2. The Hall–Kier alpha value is -2.88. The number of methoxy groups -OCH3 is 1. The van der Waals surface area contributed by atoms with E-state index < -0.39 is 0 Å². The zero-order valence-electron chi connectivity index (χ0n) is 15.4. The molecule has 0 bridgehead atoms. The standard InChI is InChI=1S/C16H23N9O/c1-17-10-5-6-25(7-10)16-20-13(12-14(21-16)23(2)9-18-12)19-11-8-24(3)22-15(11)26-4/h8-10,17H,5-7H2,1-4H3,(H,19,20,21). The number of rotatable bonds is 5. The van der Waals surface area contributed by atoms with Gasteiger partial charge in [-0.1, -0.05) is 0 Å². The van der Waals surface area contributed by atoms with E-state index in [1.165, 1.54) is 0 Å². The Morgan fingerprint density at radius 2 is 2.12 bits per heavy atom. The van der Waals surface area contributed by atoms with Gasteiger partial charge in [-0.25, -0.2) is 4.98 Å². The molecular weight excluding hydrogens is 334 g/mol. The molecule has 4 rings (SSSR count). The lowest BCUT2D eigenvalue weighted by Gasteiger charge is -2.17. The second kappa shape index (κ2) is 6.45. The Bertz CT molecular complexity index is 931. The molecule has 0 radical (unpaired) electrons. The molecule has 1 unspecified atom stereocenters. The summed E-state index contributed by atoms with van der Waals surface area (Å²) in [4.78, 5) is 16.1. The first-order valence-electron chi connectivity index (χ1n) is 8.55. The highest BCUT2D eigenvalue weighted by atomic mass is 16.5. The molecule has 10 nitrogen and oxygen atoms in total. The van der Waals surface area contributed by atoms with Crippen LogP contribution in [0.15, 0.2) is 12.5 Å². The van der Waals surface area contributed by atoms with Crippen molar-refractivity contribution in [3.05, 3.63) is 12.5 Å². The summed E-state index contributed by atoms with van der Waals surface area (Å²) in [7, 11) is 7.36. The zero-order chi connectivity index (χ0) is 18.3. The molecule has 1 aliphatic rings. The largest absolute Gasteiger partial charge is 0.478 e. The zero-order valence-corrected chi connectivity index (χ0v) is 15.4. The fourth-order valence-corrected chi connectivity index (χ4v) is 3.23. The van der Waals surface area contributed by atoms with Gasteiger partial charge in [0.1, 0.15) is 5.69 Å². The molecule has 26 heavy (non-hydrogen) atoms. The van der Waals surface area contributed by atoms with Gasteiger partial charge in [-0.2, -0.15) is 9.97 Å². The highest BCUT2D eigenvalue weighted by Crippen LogP contribution is 2.30. The number of nitrogens with one attached hydrogen (secondary N) is 2. The lowest BCUT2D eigenvalue weighted by molar-refractivity contribution is 0.393. The van der Waals surface area contributed by atoms with E-state index in [1.54, 1.807) is 18.1 Å². The number of hydrogen-bond donors (Lipinski definition) is 2. The fourth-order valence-electron chi connectivity index (χ4n) is 3.23. The van der Waals surface area contributed by atoms with Crippen LogP contribution in [0.1, 0.15) is 6.42 Å². The van der Waals surface area contributed by atoms with Gasteiger partial charge in [-0.3, -0.25) is 4.68 Å². The van der Waals surface area contributed by atoms with Crippen LogP contribution in [0, 0.1) is 0 Å². The Labute approximate surface area is 151 Å². The number of likely N-dealkylation sites (N-methyl/N-ethyl adjacent to an activating group) is 1. The monoisotopic (exact) mass is 357 g/mol. The Morgan fingerprint density at radius 3 is 2.85 bits per heavy atom. The van der Waals surface area contributed by atoms with Gasteiger partial charge in [0.15, 0.2) is 17.0 Å². The third-order valence-corrected chi connectivity index (χ3v) is 4.67. The fraction of sp³-hybridized carbons (Fsp3) is 0.500. The molecule has 138 valence electrons. The Morgan fingerprint density at radius 1 is 1.27 bits per heavy atom. The molecule has 0 amide bonds. The van der Waals surface area contributed by atoms with E-state index >= 15 is 0 Å². The summed E-state index contributed by atoms with van der Waals surface area (Å²) in [5.41, 5.74) is 2.24. The van der Waals surface area contributed by atoms with Crippen molar-refractivity contribution in [1.29, 1.82) is 0 Å². The minimum Gasteiger partial charge on any atom is -0.478 e. The smallest absolute Gasteiger partial charge is 0.256 e. The van der Waals surface area contributed by atoms with Crippen LogP contribution >= 0.6 is 0 Å². The molecule has 0 aliphatic carbocycles. The molecule has 1 fully saturated rings. The molecule has 3 aromatic heterocycles. The predicted octanol–water partition coefficient (Wildman–Crippen LogP) is 0.647. The van der Waals surface area contributed by atoms with Gasteiger partial charge in [-0.05, 0) is 13.5 Å². The van der Waals surface area contributed by atoms with Crippen LogP contribution < -0.4 is 20.3 Å². The number of hydrogen-bond acceptors (Lipinski definition) is 8. The number of imidazole rings is 1. The molecule has 1 atom stereocenters. The number of fused-ring (bicyclic) bond motifs is 1. The van der Waals surface area contributed by atoms with Crippen LogP contribution in [0.3, 0.4) is 0 Å². The van der Waals surface area contributed by atoms with Gasteiger partial charge in [0, 0.05) is 33.2 Å². The maximum atomic E-state index is 5.33. The molecule has 1 saturated heterocycles.